The molecule has 1 aliphatic rings. The van der Waals surface area contributed by atoms with E-state index in [4.69, 9.17) is 11.6 Å². The maximum Gasteiger partial charge on any atom is 0.265 e. The van der Waals surface area contributed by atoms with E-state index in [-0.39, 0.29) is 10.7 Å². The number of nitrogens with zero attached hydrogens (tertiary/aromatic N) is 6. The van der Waals surface area contributed by atoms with E-state index in [1.165, 1.54) is 9.47 Å². The van der Waals surface area contributed by atoms with Crippen molar-refractivity contribution in [2.45, 2.75) is 6.92 Å². The molecular weight excluding hydrogens is 464 g/mol. The number of rotatable bonds is 5. The van der Waals surface area contributed by atoms with Crippen LogP contribution in [-0.2, 0) is 4.79 Å². The van der Waals surface area contributed by atoms with Crippen molar-refractivity contribution in [1.82, 2.24) is 19.4 Å². The Hall–Kier alpha value is -3.75. The Balaban J connectivity index is 1.57. The number of carbonyl (C=O) groups is 1. The van der Waals surface area contributed by atoms with Gasteiger partial charge in [-0.3, -0.25) is 19.1 Å². The molecule has 178 valence electrons. The van der Waals surface area contributed by atoms with Gasteiger partial charge in [0.1, 0.15) is 11.5 Å². The van der Waals surface area contributed by atoms with Crippen LogP contribution in [0.15, 0.2) is 65.8 Å². The number of anilines is 3. The van der Waals surface area contributed by atoms with Gasteiger partial charge in [0.15, 0.2) is 0 Å². The van der Waals surface area contributed by atoms with Crippen molar-refractivity contribution in [1.29, 1.82) is 0 Å². The third kappa shape index (κ3) is 4.50. The van der Waals surface area contributed by atoms with Gasteiger partial charge in [0.25, 0.3) is 5.56 Å². The Labute approximate surface area is 208 Å². The second kappa shape index (κ2) is 9.48. The van der Waals surface area contributed by atoms with Crippen LogP contribution in [0.1, 0.15) is 5.56 Å². The summed E-state index contributed by atoms with van der Waals surface area (Å²) in [7, 11) is 2.12. The van der Waals surface area contributed by atoms with Gasteiger partial charge in [-0.1, -0.05) is 17.7 Å². The molecule has 2 aromatic heterocycles. The number of piperazine rings is 1. The van der Waals surface area contributed by atoms with Crippen molar-refractivity contribution in [3.05, 3.63) is 82.1 Å². The fourth-order valence-electron chi connectivity index (χ4n) is 4.36. The summed E-state index contributed by atoms with van der Waals surface area (Å²) in [4.78, 5) is 40.2. The Bertz CT molecular complexity index is 1460. The highest BCUT2D eigenvalue weighted by Crippen LogP contribution is 2.28. The van der Waals surface area contributed by atoms with Gasteiger partial charge in [-0.25, -0.2) is 9.97 Å². The zero-order valence-corrected chi connectivity index (χ0v) is 20.3. The van der Waals surface area contributed by atoms with Crippen LogP contribution < -0.4 is 15.4 Å². The number of amides is 1. The molecule has 0 saturated carbocycles. The second-order valence-corrected chi connectivity index (χ2v) is 9.08. The molecule has 0 spiro atoms. The summed E-state index contributed by atoms with van der Waals surface area (Å²) in [6.07, 6.45) is 3.80. The van der Waals surface area contributed by atoms with Gasteiger partial charge in [-0.2, -0.15) is 0 Å². The normalized spacial score (nSPS) is 14.3. The maximum atomic E-state index is 13.6. The standard InChI is InChI=1S/C26H25ClN6O2/c1-18-3-4-20(33(17-34)21-7-8-28-25(27)15-21)14-24(18)32-16-29-23-6-5-19(13-22(23)26(32)35)31-11-9-30(2)10-12-31/h3-8,13-17H,9-12H2,1-2H3. The fraction of sp³-hybridized carbons (Fsp3) is 0.231. The van der Waals surface area contributed by atoms with E-state index < -0.39 is 0 Å². The third-order valence-electron chi connectivity index (χ3n) is 6.43. The van der Waals surface area contributed by atoms with Crippen molar-refractivity contribution in [3.63, 3.8) is 0 Å². The van der Waals surface area contributed by atoms with Crippen molar-refractivity contribution in [2.24, 2.45) is 0 Å². The lowest BCUT2D eigenvalue weighted by Gasteiger charge is -2.34. The molecule has 1 fully saturated rings. The lowest BCUT2D eigenvalue weighted by molar-refractivity contribution is -0.106. The highest BCUT2D eigenvalue weighted by molar-refractivity contribution is 6.29. The molecule has 35 heavy (non-hydrogen) atoms. The summed E-state index contributed by atoms with van der Waals surface area (Å²) < 4.78 is 1.54. The van der Waals surface area contributed by atoms with Crippen LogP contribution in [-0.4, -0.2) is 59.1 Å². The van der Waals surface area contributed by atoms with Gasteiger partial charge in [0.05, 0.1) is 28.0 Å². The van der Waals surface area contributed by atoms with Gasteiger partial charge < -0.3 is 9.80 Å². The van der Waals surface area contributed by atoms with Crippen LogP contribution in [0.2, 0.25) is 5.15 Å². The zero-order chi connectivity index (χ0) is 24.5. The van der Waals surface area contributed by atoms with Crippen molar-refractivity contribution < 1.29 is 4.79 Å². The molecule has 0 atom stereocenters. The van der Waals surface area contributed by atoms with Crippen LogP contribution in [0.5, 0.6) is 0 Å². The fourth-order valence-corrected chi connectivity index (χ4v) is 4.53. The molecule has 0 aliphatic carbocycles. The minimum atomic E-state index is -0.157. The summed E-state index contributed by atoms with van der Waals surface area (Å²) in [6.45, 7) is 5.72. The number of aryl methyl sites for hydroxylation is 1. The molecule has 0 bridgehead atoms. The predicted octanol–water partition coefficient (Wildman–Crippen LogP) is 3.79. The van der Waals surface area contributed by atoms with Crippen LogP contribution in [0.25, 0.3) is 16.6 Å². The molecule has 5 rings (SSSR count). The molecular formula is C26H25ClN6O2. The van der Waals surface area contributed by atoms with E-state index in [1.807, 2.05) is 37.3 Å². The number of halogens is 1. The highest BCUT2D eigenvalue weighted by Gasteiger charge is 2.17. The van der Waals surface area contributed by atoms with Gasteiger partial charge in [0.2, 0.25) is 6.41 Å². The SMILES string of the molecule is Cc1ccc(N(C=O)c2ccnc(Cl)c2)cc1-n1cnc2ccc(N3CCN(C)CC3)cc2c1=O. The molecule has 2 aromatic carbocycles. The number of benzene rings is 2. The average Bonchev–Trinajstić information content (AvgIpc) is 2.86. The Morgan fingerprint density at radius 3 is 2.49 bits per heavy atom. The van der Waals surface area contributed by atoms with E-state index in [2.05, 4.69) is 26.8 Å². The Morgan fingerprint density at radius 2 is 1.74 bits per heavy atom. The predicted molar refractivity (Wildman–Crippen MR) is 139 cm³/mol. The van der Waals surface area contributed by atoms with E-state index >= 15 is 0 Å². The average molecular weight is 489 g/mol. The number of hydrogen-bond donors (Lipinski definition) is 0. The topological polar surface area (TPSA) is 74.6 Å². The van der Waals surface area contributed by atoms with E-state index in [0.717, 1.165) is 37.4 Å². The maximum absolute atomic E-state index is 13.6. The first kappa shape index (κ1) is 23.0. The van der Waals surface area contributed by atoms with E-state index in [0.29, 0.717) is 34.4 Å². The van der Waals surface area contributed by atoms with E-state index in [9.17, 15) is 9.59 Å². The molecule has 3 heterocycles. The number of aromatic nitrogens is 3. The van der Waals surface area contributed by atoms with Gasteiger partial charge >= 0.3 is 0 Å². The quantitative estimate of drug-likeness (QED) is 0.314. The molecule has 0 unspecified atom stereocenters. The zero-order valence-electron chi connectivity index (χ0n) is 19.6. The van der Waals surface area contributed by atoms with Crippen LogP contribution in [0.4, 0.5) is 17.1 Å². The minimum absolute atomic E-state index is 0.157. The lowest BCUT2D eigenvalue weighted by atomic mass is 10.1. The van der Waals surface area contributed by atoms with Crippen LogP contribution in [0.3, 0.4) is 0 Å². The number of fused-ring (bicyclic) bond motifs is 1. The lowest BCUT2D eigenvalue weighted by Crippen LogP contribution is -2.44. The smallest absolute Gasteiger partial charge is 0.265 e. The molecule has 1 aliphatic heterocycles. The summed E-state index contributed by atoms with van der Waals surface area (Å²) in [5, 5.41) is 0.842. The van der Waals surface area contributed by atoms with Crippen molar-refractivity contribution >= 4 is 46.0 Å². The minimum Gasteiger partial charge on any atom is -0.369 e. The van der Waals surface area contributed by atoms with Crippen LogP contribution >= 0.6 is 11.6 Å². The van der Waals surface area contributed by atoms with Crippen molar-refractivity contribution in [3.8, 4) is 5.69 Å². The molecule has 0 radical (unpaired) electrons. The van der Waals surface area contributed by atoms with E-state index in [1.54, 1.807) is 30.7 Å². The first-order valence-corrected chi connectivity index (χ1v) is 11.7. The highest BCUT2D eigenvalue weighted by atomic mass is 35.5. The number of hydrogen-bond acceptors (Lipinski definition) is 6. The summed E-state index contributed by atoms with van der Waals surface area (Å²) >= 11 is 6.02. The number of pyridine rings is 1. The molecule has 1 amide bonds. The van der Waals surface area contributed by atoms with Gasteiger partial charge in [0, 0.05) is 38.1 Å². The van der Waals surface area contributed by atoms with Crippen LogP contribution in [0, 0.1) is 6.92 Å². The summed E-state index contributed by atoms with van der Waals surface area (Å²) in [6, 6.07) is 14.7. The Morgan fingerprint density at radius 1 is 0.971 bits per heavy atom. The van der Waals surface area contributed by atoms with Crippen molar-refractivity contribution in [2.75, 3.05) is 43.0 Å². The molecule has 4 aromatic rings. The number of carbonyl (C=O) groups excluding carboxylic acids is 1. The molecule has 8 nitrogen and oxygen atoms in total. The first-order chi connectivity index (χ1) is 16.9. The number of likely N-dealkylation sites (N-methyl/N-ethyl adjacent to an activating group) is 1. The monoisotopic (exact) mass is 488 g/mol. The molecule has 0 N–H and O–H groups in total. The first-order valence-electron chi connectivity index (χ1n) is 11.4. The molecule has 1 saturated heterocycles. The third-order valence-corrected chi connectivity index (χ3v) is 6.64. The largest absolute Gasteiger partial charge is 0.369 e. The molecule has 9 heteroatoms. The van der Waals surface area contributed by atoms with Gasteiger partial charge in [-0.05, 0) is 62.0 Å². The summed E-state index contributed by atoms with van der Waals surface area (Å²) in [5.41, 5.74) is 4.23. The second-order valence-electron chi connectivity index (χ2n) is 8.69. The summed E-state index contributed by atoms with van der Waals surface area (Å²) in [5.74, 6) is 0. The van der Waals surface area contributed by atoms with Gasteiger partial charge in [-0.15, -0.1) is 0 Å². The Kier molecular flexibility index (Phi) is 6.23.